The second kappa shape index (κ2) is 11.3. The summed E-state index contributed by atoms with van der Waals surface area (Å²) < 4.78 is 12.5. The van der Waals surface area contributed by atoms with Crippen molar-refractivity contribution in [2.24, 2.45) is 0 Å². The van der Waals surface area contributed by atoms with Gasteiger partial charge in [0.05, 0.1) is 29.0 Å². The van der Waals surface area contributed by atoms with E-state index in [1.807, 2.05) is 24.3 Å². The van der Waals surface area contributed by atoms with Gasteiger partial charge in [-0.15, -0.1) is 0 Å². The lowest BCUT2D eigenvalue weighted by Gasteiger charge is -2.31. The van der Waals surface area contributed by atoms with Gasteiger partial charge in [-0.2, -0.15) is 0 Å². The quantitative estimate of drug-likeness (QED) is 0.207. The highest BCUT2D eigenvalue weighted by Crippen LogP contribution is 2.40. The molecule has 2 aliphatic rings. The molecule has 0 amide bonds. The average molecular weight is 533 g/mol. The number of nitrogens with zero attached hydrogens (tertiary/aromatic N) is 2. The molecule has 0 radical (unpaired) electrons. The van der Waals surface area contributed by atoms with Crippen LogP contribution >= 0.6 is 0 Å². The molecule has 0 fully saturated rings. The van der Waals surface area contributed by atoms with Crippen molar-refractivity contribution in [3.8, 4) is 11.4 Å². The van der Waals surface area contributed by atoms with Crippen LogP contribution in [0.1, 0.15) is 93.9 Å². The number of benzene rings is 1. The van der Waals surface area contributed by atoms with Gasteiger partial charge in [0.2, 0.25) is 0 Å². The van der Waals surface area contributed by atoms with Crippen LogP contribution in [0, 0.1) is 0 Å². The molecule has 0 spiro atoms. The maximum atomic E-state index is 13.5. The minimum absolute atomic E-state index is 0.0830. The highest BCUT2D eigenvalue weighted by molar-refractivity contribution is 5.89. The Balaban J connectivity index is 1.42. The summed E-state index contributed by atoms with van der Waals surface area (Å²) in [6.07, 6.45) is 8.37. The van der Waals surface area contributed by atoms with E-state index in [1.165, 1.54) is 25.7 Å². The van der Waals surface area contributed by atoms with E-state index in [0.717, 1.165) is 41.3 Å². The van der Waals surface area contributed by atoms with Gasteiger partial charge in [-0.1, -0.05) is 70.6 Å². The molecule has 0 saturated carbocycles. The summed E-state index contributed by atoms with van der Waals surface area (Å²) in [6.45, 7) is 4.05. The molecule has 0 saturated heterocycles. The van der Waals surface area contributed by atoms with Crippen molar-refractivity contribution in [1.82, 2.24) is 9.55 Å². The number of cyclic esters (lactones) is 1. The molecule has 0 unspecified atom stereocenters. The molecule has 1 atom stereocenters. The number of hydrogen-bond donors (Lipinski definition) is 1. The predicted molar refractivity (Wildman–Crippen MR) is 147 cm³/mol. The van der Waals surface area contributed by atoms with E-state index in [1.54, 1.807) is 17.6 Å². The Morgan fingerprint density at radius 2 is 1.82 bits per heavy atom. The number of aliphatic hydroxyl groups is 1. The Kier molecular flexibility index (Phi) is 7.84. The van der Waals surface area contributed by atoms with Crippen molar-refractivity contribution in [2.45, 2.75) is 97.0 Å². The molecule has 39 heavy (non-hydrogen) atoms. The third kappa shape index (κ3) is 4.98. The number of para-hydroxylation sites is 1. The van der Waals surface area contributed by atoms with Crippen molar-refractivity contribution in [1.29, 1.82) is 0 Å². The maximum absolute atomic E-state index is 13.5. The lowest BCUT2D eigenvalue weighted by molar-refractivity contribution is -0.172. The number of hydrogen-bond acceptors (Lipinski definition) is 7. The maximum Gasteiger partial charge on any atom is 0.343 e. The van der Waals surface area contributed by atoms with Gasteiger partial charge < -0.3 is 19.1 Å². The topological polar surface area (TPSA) is 108 Å². The molecule has 4 heterocycles. The van der Waals surface area contributed by atoms with Crippen LogP contribution in [0.2, 0.25) is 0 Å². The van der Waals surface area contributed by atoms with Crippen molar-refractivity contribution >= 4 is 22.8 Å². The van der Waals surface area contributed by atoms with Crippen LogP contribution in [0.25, 0.3) is 22.3 Å². The molecular weight excluding hydrogens is 496 g/mol. The fraction of sp³-hybridized carbons (Fsp3) is 0.484. The zero-order valence-corrected chi connectivity index (χ0v) is 22.8. The average Bonchev–Trinajstić information content (AvgIpc) is 3.31. The van der Waals surface area contributed by atoms with Gasteiger partial charge in [-0.3, -0.25) is 9.59 Å². The van der Waals surface area contributed by atoms with Gasteiger partial charge in [-0.25, -0.2) is 9.78 Å². The Morgan fingerprint density at radius 1 is 1.08 bits per heavy atom. The first-order chi connectivity index (χ1) is 18.9. The van der Waals surface area contributed by atoms with Crippen LogP contribution in [-0.4, -0.2) is 26.6 Å². The van der Waals surface area contributed by atoms with Gasteiger partial charge in [0.1, 0.15) is 13.2 Å². The van der Waals surface area contributed by atoms with Gasteiger partial charge in [-0.05, 0) is 25.0 Å². The SMILES string of the molecule is CCCCCCCCCC(=O)OCc1c2c(nc3ccccc13)-c1cc3c(c(=O)n1C2)COC(=O)[C@]3(O)CC. The number of ether oxygens (including phenoxy) is 2. The Morgan fingerprint density at radius 3 is 2.59 bits per heavy atom. The molecule has 206 valence electrons. The Labute approximate surface area is 228 Å². The van der Waals surface area contributed by atoms with E-state index in [4.69, 9.17) is 14.5 Å². The second-order valence-electron chi connectivity index (χ2n) is 10.6. The zero-order chi connectivity index (χ0) is 27.6. The smallest absolute Gasteiger partial charge is 0.343 e. The summed E-state index contributed by atoms with van der Waals surface area (Å²) in [6, 6.07) is 9.33. The van der Waals surface area contributed by atoms with Crippen LogP contribution in [0.3, 0.4) is 0 Å². The Bertz CT molecular complexity index is 1480. The molecule has 0 bridgehead atoms. The molecule has 8 nitrogen and oxygen atoms in total. The molecule has 0 aliphatic carbocycles. The molecule has 2 aliphatic heterocycles. The summed E-state index contributed by atoms with van der Waals surface area (Å²) in [5.41, 5.74) is 1.86. The highest BCUT2D eigenvalue weighted by atomic mass is 16.6. The normalized spacial score (nSPS) is 17.5. The van der Waals surface area contributed by atoms with Crippen LogP contribution in [0.4, 0.5) is 0 Å². The molecule has 8 heteroatoms. The van der Waals surface area contributed by atoms with Gasteiger partial charge in [0.15, 0.2) is 5.60 Å². The number of pyridine rings is 2. The zero-order valence-electron chi connectivity index (χ0n) is 22.8. The first-order valence-corrected chi connectivity index (χ1v) is 14.1. The van der Waals surface area contributed by atoms with Gasteiger partial charge >= 0.3 is 11.9 Å². The van der Waals surface area contributed by atoms with E-state index in [-0.39, 0.29) is 48.8 Å². The number of fused-ring (bicyclic) bond motifs is 5. The van der Waals surface area contributed by atoms with Crippen LogP contribution in [0.15, 0.2) is 35.1 Å². The van der Waals surface area contributed by atoms with E-state index in [9.17, 15) is 19.5 Å². The first kappa shape index (κ1) is 27.1. The fourth-order valence-corrected chi connectivity index (χ4v) is 5.73. The standard InChI is InChI=1S/C31H36N2O6/c1-3-5-6-7-8-9-10-15-27(34)38-18-22-20-13-11-12-14-25(20)32-28-21(22)17-33-26(28)16-24-23(29(33)35)19-39-30(36)31(24,37)4-2/h11-14,16,37H,3-10,15,17-19H2,1-2H3/t31-/m0/s1. The fourth-order valence-electron chi connectivity index (χ4n) is 5.73. The monoisotopic (exact) mass is 532 g/mol. The van der Waals surface area contributed by atoms with Crippen molar-refractivity contribution in [3.63, 3.8) is 0 Å². The third-order valence-electron chi connectivity index (χ3n) is 8.08. The second-order valence-corrected chi connectivity index (χ2v) is 10.6. The molecule has 2 aromatic heterocycles. The summed E-state index contributed by atoms with van der Waals surface area (Å²) in [4.78, 5) is 43.4. The van der Waals surface area contributed by atoms with E-state index in [2.05, 4.69) is 6.92 Å². The van der Waals surface area contributed by atoms with E-state index < -0.39 is 11.6 Å². The van der Waals surface area contributed by atoms with Crippen LogP contribution < -0.4 is 5.56 Å². The van der Waals surface area contributed by atoms with Crippen molar-refractivity contribution in [3.05, 3.63) is 62.9 Å². The predicted octanol–water partition coefficient (Wildman–Crippen LogP) is 5.26. The van der Waals surface area contributed by atoms with Gasteiger partial charge in [0, 0.05) is 28.5 Å². The molecule has 5 rings (SSSR count). The number of carbonyl (C=O) groups is 2. The third-order valence-corrected chi connectivity index (χ3v) is 8.08. The van der Waals surface area contributed by atoms with E-state index in [0.29, 0.717) is 17.8 Å². The summed E-state index contributed by atoms with van der Waals surface area (Å²) in [5.74, 6) is -0.981. The van der Waals surface area contributed by atoms with E-state index >= 15 is 0 Å². The highest BCUT2D eigenvalue weighted by Gasteiger charge is 2.45. The van der Waals surface area contributed by atoms with Crippen LogP contribution in [-0.2, 0) is 44.4 Å². The first-order valence-electron chi connectivity index (χ1n) is 14.1. The summed E-state index contributed by atoms with van der Waals surface area (Å²) >= 11 is 0. The van der Waals surface area contributed by atoms with Crippen LogP contribution in [0.5, 0.6) is 0 Å². The van der Waals surface area contributed by atoms with Crippen molar-refractivity contribution in [2.75, 3.05) is 0 Å². The molecule has 3 aromatic rings. The molecule has 1 aromatic carbocycles. The largest absolute Gasteiger partial charge is 0.461 e. The lowest BCUT2D eigenvalue weighted by atomic mass is 9.86. The summed E-state index contributed by atoms with van der Waals surface area (Å²) in [5, 5.41) is 12.0. The molecule has 1 N–H and O–H groups in total. The van der Waals surface area contributed by atoms with Crippen molar-refractivity contribution < 1.29 is 24.2 Å². The minimum Gasteiger partial charge on any atom is -0.461 e. The summed E-state index contributed by atoms with van der Waals surface area (Å²) in [7, 11) is 0. The van der Waals surface area contributed by atoms with Gasteiger partial charge in [0.25, 0.3) is 5.56 Å². The molecular formula is C31H36N2O6. The number of unbranched alkanes of at least 4 members (excludes halogenated alkanes) is 6. The Hall–Kier alpha value is -3.52. The minimum atomic E-state index is -1.88. The number of carbonyl (C=O) groups excluding carboxylic acids is 2. The number of rotatable bonds is 11. The number of esters is 2. The lowest BCUT2D eigenvalue weighted by Crippen LogP contribution is -2.44. The number of aromatic nitrogens is 2.